The molecule has 1 aliphatic heterocycles. The van der Waals surface area contributed by atoms with Crippen LogP contribution >= 0.6 is 0 Å². The smallest absolute Gasteiger partial charge is 0.341 e. The molecule has 0 aliphatic carbocycles. The summed E-state index contributed by atoms with van der Waals surface area (Å²) in [5, 5.41) is 8.63. The van der Waals surface area contributed by atoms with Crippen LogP contribution in [-0.2, 0) is 9.53 Å². The van der Waals surface area contributed by atoms with Crippen LogP contribution < -0.4 is 14.4 Å². The van der Waals surface area contributed by atoms with Crippen molar-refractivity contribution in [2.75, 3.05) is 31.8 Å². The maximum absolute atomic E-state index is 12.7. The lowest BCUT2D eigenvalue weighted by atomic mass is 10.2. The topological polar surface area (TPSA) is 98.2 Å². The first-order chi connectivity index (χ1) is 13.0. The largest absolute Gasteiger partial charge is 0.482 e. The van der Waals surface area contributed by atoms with Gasteiger partial charge in [-0.05, 0) is 30.3 Å². The summed E-state index contributed by atoms with van der Waals surface area (Å²) in [6.07, 6.45) is 2.30. The monoisotopic (exact) mass is 372 g/mol. The van der Waals surface area contributed by atoms with E-state index in [4.69, 9.17) is 19.3 Å². The summed E-state index contributed by atoms with van der Waals surface area (Å²) >= 11 is 0. The van der Waals surface area contributed by atoms with Crippen molar-refractivity contribution in [3.8, 4) is 11.6 Å². The van der Waals surface area contributed by atoms with Gasteiger partial charge in [-0.3, -0.25) is 4.79 Å². The molecule has 0 bridgehead atoms. The lowest BCUT2D eigenvalue weighted by molar-refractivity contribution is -0.139. The third-order valence-electron chi connectivity index (χ3n) is 4.05. The van der Waals surface area contributed by atoms with Crippen LogP contribution in [0.25, 0.3) is 0 Å². The van der Waals surface area contributed by atoms with E-state index in [9.17, 15) is 9.59 Å². The molecule has 1 aliphatic rings. The number of hydrogen-bond donors (Lipinski definition) is 1. The molecule has 1 fully saturated rings. The van der Waals surface area contributed by atoms with Gasteiger partial charge in [0.2, 0.25) is 5.88 Å². The van der Waals surface area contributed by atoms with E-state index in [-0.39, 0.29) is 12.0 Å². The molecule has 142 valence electrons. The van der Waals surface area contributed by atoms with Gasteiger partial charge in [0, 0.05) is 37.0 Å². The van der Waals surface area contributed by atoms with Gasteiger partial charge in [-0.15, -0.1) is 0 Å². The third-order valence-corrected chi connectivity index (χ3v) is 4.05. The number of amides is 1. The normalized spacial score (nSPS) is 16.0. The number of hydrogen-bond acceptors (Lipinski definition) is 6. The highest BCUT2D eigenvalue weighted by atomic mass is 16.5. The maximum Gasteiger partial charge on any atom is 0.341 e. The van der Waals surface area contributed by atoms with Crippen molar-refractivity contribution < 1.29 is 28.9 Å². The first kappa shape index (κ1) is 18.7. The van der Waals surface area contributed by atoms with Crippen LogP contribution in [0.4, 0.5) is 5.69 Å². The Bertz CT molecular complexity index is 802. The highest BCUT2D eigenvalue weighted by Gasteiger charge is 2.19. The third kappa shape index (κ3) is 4.95. The lowest BCUT2D eigenvalue weighted by Gasteiger charge is -2.18. The highest BCUT2D eigenvalue weighted by Crippen LogP contribution is 2.22. The Morgan fingerprint density at radius 2 is 2.07 bits per heavy atom. The van der Waals surface area contributed by atoms with Gasteiger partial charge >= 0.3 is 5.97 Å². The van der Waals surface area contributed by atoms with Gasteiger partial charge < -0.3 is 24.2 Å². The molecule has 8 nitrogen and oxygen atoms in total. The summed E-state index contributed by atoms with van der Waals surface area (Å²) in [5.74, 6) is -0.460. The molecule has 27 heavy (non-hydrogen) atoms. The van der Waals surface area contributed by atoms with Crippen LogP contribution in [0.1, 0.15) is 16.8 Å². The van der Waals surface area contributed by atoms with E-state index < -0.39 is 12.6 Å². The summed E-state index contributed by atoms with van der Waals surface area (Å²) < 4.78 is 16.1. The van der Waals surface area contributed by atoms with Crippen LogP contribution in [0.15, 0.2) is 42.6 Å². The average molecular weight is 372 g/mol. The molecule has 1 saturated heterocycles. The molecule has 1 unspecified atom stereocenters. The van der Waals surface area contributed by atoms with Gasteiger partial charge in [0.05, 0.1) is 13.2 Å². The molecule has 2 heterocycles. The zero-order chi connectivity index (χ0) is 19.2. The van der Waals surface area contributed by atoms with Gasteiger partial charge in [0.1, 0.15) is 11.9 Å². The molecule has 0 spiro atoms. The number of nitrogens with zero attached hydrogens (tertiary/aromatic N) is 2. The van der Waals surface area contributed by atoms with Crippen molar-refractivity contribution in [2.45, 2.75) is 12.5 Å². The zero-order valence-corrected chi connectivity index (χ0v) is 14.8. The first-order valence-electron chi connectivity index (χ1n) is 8.46. The molecule has 1 aromatic carbocycles. The second-order valence-corrected chi connectivity index (χ2v) is 6.03. The number of aromatic nitrogens is 1. The minimum absolute atomic E-state index is 0.0427. The Morgan fingerprint density at radius 3 is 2.74 bits per heavy atom. The number of aliphatic carboxylic acids is 1. The van der Waals surface area contributed by atoms with Crippen LogP contribution in [-0.4, -0.2) is 54.9 Å². The predicted octanol–water partition coefficient (Wildman–Crippen LogP) is 1.99. The minimum atomic E-state index is -1.05. The van der Waals surface area contributed by atoms with Crippen LogP contribution in [0.5, 0.6) is 11.6 Å². The Morgan fingerprint density at radius 1 is 1.30 bits per heavy atom. The van der Waals surface area contributed by atoms with E-state index in [2.05, 4.69) is 4.98 Å². The van der Waals surface area contributed by atoms with Crippen molar-refractivity contribution in [1.82, 2.24) is 4.98 Å². The molecule has 0 saturated carbocycles. The predicted molar refractivity (Wildman–Crippen MR) is 96.4 cm³/mol. The van der Waals surface area contributed by atoms with Crippen molar-refractivity contribution in [1.29, 1.82) is 0 Å². The Kier molecular flexibility index (Phi) is 5.87. The number of carbonyl (C=O) groups is 2. The minimum Gasteiger partial charge on any atom is -0.482 e. The summed E-state index contributed by atoms with van der Waals surface area (Å²) in [6, 6.07) is 9.84. The molecule has 1 amide bonds. The molecule has 3 rings (SSSR count). The second-order valence-electron chi connectivity index (χ2n) is 6.03. The fraction of sp³-hybridized carbons (Fsp3) is 0.316. The number of carboxylic acid groups (broad SMARTS) is 1. The fourth-order valence-corrected chi connectivity index (χ4v) is 2.61. The van der Waals surface area contributed by atoms with Crippen molar-refractivity contribution in [2.24, 2.45) is 0 Å². The fourth-order valence-electron chi connectivity index (χ4n) is 2.61. The summed E-state index contributed by atoms with van der Waals surface area (Å²) in [5.41, 5.74) is 1.10. The number of carboxylic acids is 1. The van der Waals surface area contributed by atoms with Gasteiger partial charge in [-0.25, -0.2) is 9.78 Å². The van der Waals surface area contributed by atoms with E-state index in [1.165, 1.54) is 11.1 Å². The first-order valence-corrected chi connectivity index (χ1v) is 8.46. The average Bonchev–Trinajstić information content (AvgIpc) is 3.19. The molecular weight excluding hydrogens is 352 g/mol. The SMILES string of the molecule is CN(C(=O)c1ccnc(OC2CCOC2)c1)c1ccc(OCC(=O)O)cc1. The number of rotatable bonds is 7. The van der Waals surface area contributed by atoms with Gasteiger partial charge in [-0.2, -0.15) is 0 Å². The van der Waals surface area contributed by atoms with Crippen LogP contribution in [0, 0.1) is 0 Å². The van der Waals surface area contributed by atoms with E-state index >= 15 is 0 Å². The van der Waals surface area contributed by atoms with E-state index in [1.807, 2.05) is 0 Å². The van der Waals surface area contributed by atoms with Gasteiger partial charge in [0.25, 0.3) is 5.91 Å². The number of pyridine rings is 1. The number of ether oxygens (including phenoxy) is 3. The van der Waals surface area contributed by atoms with E-state index in [0.717, 1.165) is 6.42 Å². The Hall–Kier alpha value is -3.13. The molecule has 1 aromatic heterocycles. The molecule has 0 radical (unpaired) electrons. The van der Waals surface area contributed by atoms with Crippen LogP contribution in [0.2, 0.25) is 0 Å². The van der Waals surface area contributed by atoms with E-state index in [1.54, 1.807) is 43.4 Å². The van der Waals surface area contributed by atoms with Gasteiger partial charge in [-0.1, -0.05) is 0 Å². The van der Waals surface area contributed by atoms with Crippen molar-refractivity contribution >= 4 is 17.6 Å². The summed E-state index contributed by atoms with van der Waals surface area (Å²) in [4.78, 5) is 28.9. The molecular formula is C19H20N2O6. The maximum atomic E-state index is 12.7. The van der Waals surface area contributed by atoms with E-state index in [0.29, 0.717) is 36.1 Å². The quantitative estimate of drug-likeness (QED) is 0.793. The molecule has 1 atom stereocenters. The van der Waals surface area contributed by atoms with Gasteiger partial charge in [0.15, 0.2) is 6.61 Å². The number of anilines is 1. The number of carbonyl (C=O) groups excluding carboxylic acids is 1. The Balaban J connectivity index is 1.66. The molecule has 1 N–H and O–H groups in total. The second kappa shape index (κ2) is 8.50. The number of benzene rings is 1. The van der Waals surface area contributed by atoms with Crippen molar-refractivity contribution in [3.05, 3.63) is 48.2 Å². The van der Waals surface area contributed by atoms with Crippen molar-refractivity contribution in [3.63, 3.8) is 0 Å². The van der Waals surface area contributed by atoms with Crippen LogP contribution in [0.3, 0.4) is 0 Å². The molecule has 8 heteroatoms. The lowest BCUT2D eigenvalue weighted by Crippen LogP contribution is -2.26. The zero-order valence-electron chi connectivity index (χ0n) is 14.8. The Labute approximate surface area is 156 Å². The highest BCUT2D eigenvalue weighted by molar-refractivity contribution is 6.05. The summed E-state index contributed by atoms with van der Waals surface area (Å²) in [7, 11) is 1.65. The molecule has 2 aromatic rings. The summed E-state index contributed by atoms with van der Waals surface area (Å²) in [6.45, 7) is 0.772. The standard InChI is InChI=1S/C19H20N2O6/c1-21(14-2-4-15(5-3-14)26-12-18(22)23)19(24)13-6-8-20-17(10-13)27-16-7-9-25-11-16/h2-6,8,10,16H,7,9,11-12H2,1H3,(H,22,23).